The molecule has 0 radical (unpaired) electrons. The minimum atomic E-state index is -0.584. The van der Waals surface area contributed by atoms with Crippen molar-refractivity contribution in [2.75, 3.05) is 19.5 Å². The number of urea groups is 1. The topological polar surface area (TPSA) is 141 Å². The highest BCUT2D eigenvalue weighted by Gasteiger charge is 2.26. The summed E-state index contributed by atoms with van der Waals surface area (Å²) in [6.07, 6.45) is 5.08. The summed E-state index contributed by atoms with van der Waals surface area (Å²) in [6, 6.07) is 4.86. The maximum atomic E-state index is 11.9. The summed E-state index contributed by atoms with van der Waals surface area (Å²) < 4.78 is 18.0. The molecule has 3 N–H and O–H groups in total. The first kappa shape index (κ1) is 19.6. The van der Waals surface area contributed by atoms with Crippen molar-refractivity contribution in [3.63, 3.8) is 0 Å². The first-order valence-electron chi connectivity index (χ1n) is 9.79. The van der Waals surface area contributed by atoms with Gasteiger partial charge in [-0.2, -0.15) is 19.6 Å². The molecule has 3 aromatic rings. The van der Waals surface area contributed by atoms with Crippen LogP contribution in [0, 0.1) is 0 Å². The minimum Gasteiger partial charge on any atom is -0.496 e. The molecule has 164 valence electrons. The molecular formula is C20H19N7O5. The van der Waals surface area contributed by atoms with Crippen molar-refractivity contribution in [3.05, 3.63) is 35.7 Å². The number of aromatic nitrogens is 4. The monoisotopic (exact) mass is 437 g/mol. The first-order chi connectivity index (χ1) is 15.5. The number of rotatable bonds is 7. The van der Waals surface area contributed by atoms with Crippen molar-refractivity contribution >= 4 is 29.6 Å². The number of hydrogen-bond donors (Lipinski definition) is 3. The van der Waals surface area contributed by atoms with Gasteiger partial charge in [0.25, 0.3) is 5.91 Å². The van der Waals surface area contributed by atoms with Gasteiger partial charge in [-0.15, -0.1) is 0 Å². The van der Waals surface area contributed by atoms with Gasteiger partial charge in [0.15, 0.2) is 5.65 Å². The van der Waals surface area contributed by atoms with E-state index in [1.807, 2.05) is 0 Å². The van der Waals surface area contributed by atoms with Crippen LogP contribution in [0.2, 0.25) is 0 Å². The van der Waals surface area contributed by atoms with Gasteiger partial charge >= 0.3 is 12.0 Å². The molecule has 1 aliphatic heterocycles. The standard InChI is InChI=1S/C20H19N7O5/c1-30-12-6-13(31-2)8-14(7-12)32-20-24-16-10(5-15-17(28)25-19(29)23-15)9-21-27(16)18(26-20)22-11-3-4-11/h5-9,11H,3-4H2,1-2H3,(H,22,24,26)(H2,23,25,28,29)/b15-5-. The number of imide groups is 1. The lowest BCUT2D eigenvalue weighted by atomic mass is 10.2. The maximum Gasteiger partial charge on any atom is 0.327 e. The second-order valence-corrected chi connectivity index (χ2v) is 7.20. The Bertz CT molecular complexity index is 1240. The van der Waals surface area contributed by atoms with E-state index in [0.29, 0.717) is 40.4 Å². The zero-order chi connectivity index (χ0) is 22.2. The summed E-state index contributed by atoms with van der Waals surface area (Å²) in [5.74, 6) is 1.44. The summed E-state index contributed by atoms with van der Waals surface area (Å²) in [6.45, 7) is 0. The van der Waals surface area contributed by atoms with Crippen LogP contribution in [-0.2, 0) is 4.79 Å². The van der Waals surface area contributed by atoms with E-state index in [4.69, 9.17) is 14.2 Å². The van der Waals surface area contributed by atoms with E-state index in [2.05, 4.69) is 31.0 Å². The molecule has 0 spiro atoms. The van der Waals surface area contributed by atoms with Crippen LogP contribution in [0.1, 0.15) is 18.4 Å². The van der Waals surface area contributed by atoms with Gasteiger partial charge in [0.2, 0.25) is 5.95 Å². The summed E-state index contributed by atoms with van der Waals surface area (Å²) >= 11 is 0. The third kappa shape index (κ3) is 3.85. The maximum absolute atomic E-state index is 11.9. The number of hydrogen-bond acceptors (Lipinski definition) is 9. The normalized spacial score (nSPS) is 16.8. The van der Waals surface area contributed by atoms with Crippen molar-refractivity contribution < 1.29 is 23.8 Å². The van der Waals surface area contributed by atoms with E-state index >= 15 is 0 Å². The van der Waals surface area contributed by atoms with Crippen molar-refractivity contribution in [2.24, 2.45) is 0 Å². The van der Waals surface area contributed by atoms with E-state index in [0.717, 1.165) is 12.8 Å². The molecule has 12 heteroatoms. The molecule has 1 saturated carbocycles. The number of nitrogens with one attached hydrogen (secondary N) is 3. The van der Waals surface area contributed by atoms with Crippen LogP contribution in [-0.4, -0.2) is 51.8 Å². The summed E-state index contributed by atoms with van der Waals surface area (Å²) in [5, 5.41) is 12.2. The molecule has 1 saturated heterocycles. The Morgan fingerprint density at radius 2 is 1.78 bits per heavy atom. The molecule has 5 rings (SSSR count). The Morgan fingerprint density at radius 3 is 2.41 bits per heavy atom. The lowest BCUT2D eigenvalue weighted by molar-refractivity contribution is -0.115. The van der Waals surface area contributed by atoms with Gasteiger partial charge in [-0.3, -0.25) is 10.1 Å². The third-order valence-electron chi connectivity index (χ3n) is 4.84. The van der Waals surface area contributed by atoms with E-state index in [9.17, 15) is 9.59 Å². The smallest absolute Gasteiger partial charge is 0.327 e. The SMILES string of the molecule is COc1cc(OC)cc(Oc2nc(NC3CC3)n3ncc(/C=C4\NC(=O)NC4=O)c3n2)c1. The van der Waals surface area contributed by atoms with Gasteiger partial charge < -0.3 is 24.8 Å². The second-order valence-electron chi connectivity index (χ2n) is 7.20. The Labute approximate surface area is 181 Å². The summed E-state index contributed by atoms with van der Waals surface area (Å²) in [7, 11) is 3.09. The molecule has 12 nitrogen and oxygen atoms in total. The number of anilines is 1. The quantitative estimate of drug-likeness (QED) is 0.372. The van der Waals surface area contributed by atoms with Crippen molar-refractivity contribution in [3.8, 4) is 23.3 Å². The van der Waals surface area contributed by atoms with Crippen LogP contribution in [0.3, 0.4) is 0 Å². The van der Waals surface area contributed by atoms with Crippen molar-refractivity contribution in [2.45, 2.75) is 18.9 Å². The molecule has 1 aliphatic carbocycles. The second kappa shape index (κ2) is 7.72. The summed E-state index contributed by atoms with van der Waals surface area (Å²) in [4.78, 5) is 32.3. The highest BCUT2D eigenvalue weighted by Crippen LogP contribution is 2.31. The Morgan fingerprint density at radius 1 is 1.06 bits per heavy atom. The van der Waals surface area contributed by atoms with E-state index < -0.39 is 11.9 Å². The van der Waals surface area contributed by atoms with Gasteiger partial charge in [0, 0.05) is 29.8 Å². The number of nitrogens with zero attached hydrogens (tertiary/aromatic N) is 4. The zero-order valence-corrected chi connectivity index (χ0v) is 17.2. The molecule has 0 atom stereocenters. The number of carbonyl (C=O) groups excluding carboxylic acids is 2. The molecule has 2 aliphatic rings. The number of amides is 3. The first-order valence-corrected chi connectivity index (χ1v) is 9.79. The van der Waals surface area contributed by atoms with Crippen LogP contribution in [0.15, 0.2) is 30.1 Å². The van der Waals surface area contributed by atoms with Gasteiger partial charge in [-0.05, 0) is 18.9 Å². The van der Waals surface area contributed by atoms with E-state index in [1.165, 1.54) is 16.8 Å². The average molecular weight is 437 g/mol. The Kier molecular flexibility index (Phi) is 4.73. The van der Waals surface area contributed by atoms with Gasteiger partial charge in [0.05, 0.1) is 20.4 Å². The van der Waals surface area contributed by atoms with E-state index in [1.54, 1.807) is 32.4 Å². The predicted molar refractivity (Wildman–Crippen MR) is 112 cm³/mol. The van der Waals surface area contributed by atoms with Crippen LogP contribution < -0.4 is 30.2 Å². The lowest BCUT2D eigenvalue weighted by Crippen LogP contribution is -2.22. The third-order valence-corrected chi connectivity index (χ3v) is 4.84. The van der Waals surface area contributed by atoms with Crippen molar-refractivity contribution in [1.82, 2.24) is 30.2 Å². The van der Waals surface area contributed by atoms with E-state index in [-0.39, 0.29) is 11.7 Å². The fourth-order valence-corrected chi connectivity index (χ4v) is 3.11. The fraction of sp³-hybridized carbons (Fsp3) is 0.250. The van der Waals surface area contributed by atoms with Crippen LogP contribution in [0.5, 0.6) is 23.3 Å². The largest absolute Gasteiger partial charge is 0.496 e. The molecule has 32 heavy (non-hydrogen) atoms. The average Bonchev–Trinajstić information content (AvgIpc) is 3.42. The van der Waals surface area contributed by atoms with Crippen LogP contribution in [0.25, 0.3) is 11.7 Å². The van der Waals surface area contributed by atoms with Crippen LogP contribution >= 0.6 is 0 Å². The summed E-state index contributed by atoms with van der Waals surface area (Å²) in [5.41, 5.74) is 1.00. The molecular weight excluding hydrogens is 418 g/mol. The van der Waals surface area contributed by atoms with Gasteiger partial charge in [0.1, 0.15) is 22.9 Å². The fourth-order valence-electron chi connectivity index (χ4n) is 3.11. The minimum absolute atomic E-state index is 0.0658. The Balaban J connectivity index is 1.56. The van der Waals surface area contributed by atoms with Crippen LogP contribution in [0.4, 0.5) is 10.7 Å². The molecule has 3 amide bonds. The number of fused-ring (bicyclic) bond motifs is 1. The zero-order valence-electron chi connectivity index (χ0n) is 17.2. The predicted octanol–water partition coefficient (Wildman–Crippen LogP) is 1.69. The molecule has 0 unspecified atom stereocenters. The molecule has 3 heterocycles. The number of methoxy groups -OCH3 is 2. The highest BCUT2D eigenvalue weighted by atomic mass is 16.5. The molecule has 0 bridgehead atoms. The molecule has 2 aromatic heterocycles. The number of ether oxygens (including phenoxy) is 3. The number of carbonyl (C=O) groups is 2. The highest BCUT2D eigenvalue weighted by molar-refractivity contribution is 6.14. The lowest BCUT2D eigenvalue weighted by Gasteiger charge is -2.11. The molecule has 1 aromatic carbocycles. The van der Waals surface area contributed by atoms with Gasteiger partial charge in [-0.1, -0.05) is 0 Å². The van der Waals surface area contributed by atoms with Crippen molar-refractivity contribution in [1.29, 1.82) is 0 Å². The van der Waals surface area contributed by atoms with Gasteiger partial charge in [-0.25, -0.2) is 4.79 Å². The molecule has 2 fully saturated rings. The number of benzene rings is 1. The Hall–Kier alpha value is -4.35.